The molecule has 5 heteroatoms. The average Bonchev–Trinajstić information content (AvgIpc) is 3.28. The van der Waals surface area contributed by atoms with Gasteiger partial charge >= 0.3 is 0 Å². The minimum absolute atomic E-state index is 0. The van der Waals surface area contributed by atoms with Crippen molar-refractivity contribution in [1.29, 1.82) is 0 Å². The van der Waals surface area contributed by atoms with E-state index in [0.29, 0.717) is 0 Å². The van der Waals surface area contributed by atoms with Crippen LogP contribution >= 0.6 is 12.4 Å². The average molecular weight is 347 g/mol. The Morgan fingerprint density at radius 3 is 2.75 bits per heavy atom. The molecule has 3 rings (SSSR count). The van der Waals surface area contributed by atoms with Crippen molar-refractivity contribution < 1.29 is 0 Å². The molecule has 0 spiro atoms. The van der Waals surface area contributed by atoms with Gasteiger partial charge in [0.15, 0.2) is 0 Å². The predicted octanol–water partition coefficient (Wildman–Crippen LogP) is 3.92. The van der Waals surface area contributed by atoms with Gasteiger partial charge in [0.25, 0.3) is 0 Å². The number of hydrogen-bond donors (Lipinski definition) is 1. The highest BCUT2D eigenvalue weighted by Crippen LogP contribution is 2.32. The minimum atomic E-state index is 0. The molecule has 1 atom stereocenters. The topological polar surface area (TPSA) is 47.1 Å². The van der Waals surface area contributed by atoms with Crippen molar-refractivity contribution in [3.63, 3.8) is 0 Å². The number of halogens is 1. The number of rotatable bonds is 6. The maximum Gasteiger partial charge on any atom is 0.127 e. The fourth-order valence-corrected chi connectivity index (χ4v) is 2.74. The van der Waals surface area contributed by atoms with Crippen LogP contribution < -0.4 is 10.6 Å². The summed E-state index contributed by atoms with van der Waals surface area (Å²) in [6, 6.07) is 6.58. The largest absolute Gasteiger partial charge is 0.367 e. The van der Waals surface area contributed by atoms with E-state index in [-0.39, 0.29) is 18.4 Å². The van der Waals surface area contributed by atoms with E-state index >= 15 is 0 Å². The second kappa shape index (κ2) is 7.86. The first-order valence-corrected chi connectivity index (χ1v) is 8.29. The van der Waals surface area contributed by atoms with Crippen LogP contribution in [-0.4, -0.2) is 16.6 Å². The lowest BCUT2D eigenvalue weighted by Crippen LogP contribution is -2.19. The molecule has 1 heterocycles. The molecule has 1 aliphatic carbocycles. The summed E-state index contributed by atoms with van der Waals surface area (Å²) in [5.74, 6) is 1.82. The van der Waals surface area contributed by atoms with Gasteiger partial charge in [-0.2, -0.15) is 0 Å². The molecular formula is C19H27ClN4. The molecule has 0 saturated heterocycles. The Morgan fingerprint density at radius 1 is 1.42 bits per heavy atom. The molecule has 1 fully saturated rings. The zero-order valence-corrected chi connectivity index (χ0v) is 15.5. The first-order valence-electron chi connectivity index (χ1n) is 8.29. The van der Waals surface area contributed by atoms with E-state index in [1.54, 1.807) is 0 Å². The lowest BCUT2D eigenvalue weighted by atomic mass is 10.00. The third kappa shape index (κ3) is 4.40. The smallest absolute Gasteiger partial charge is 0.127 e. The van der Waals surface area contributed by atoms with Crippen molar-refractivity contribution in [3.05, 3.63) is 53.6 Å². The summed E-state index contributed by atoms with van der Waals surface area (Å²) < 4.78 is 2.06. The number of imidazole rings is 1. The second-order valence-electron chi connectivity index (χ2n) is 6.61. The van der Waals surface area contributed by atoms with E-state index < -0.39 is 0 Å². The Bertz CT molecular complexity index is 701. The molecule has 24 heavy (non-hydrogen) atoms. The minimum Gasteiger partial charge on any atom is -0.367 e. The van der Waals surface area contributed by atoms with Gasteiger partial charge in [-0.1, -0.05) is 18.2 Å². The van der Waals surface area contributed by atoms with Crippen LogP contribution in [0.5, 0.6) is 0 Å². The van der Waals surface area contributed by atoms with Gasteiger partial charge in [0.1, 0.15) is 5.82 Å². The molecule has 1 aromatic heterocycles. The van der Waals surface area contributed by atoms with Gasteiger partial charge in [-0.25, -0.2) is 4.98 Å². The van der Waals surface area contributed by atoms with Crippen molar-refractivity contribution in [1.82, 2.24) is 9.55 Å². The predicted molar refractivity (Wildman–Crippen MR) is 103 cm³/mol. The first-order chi connectivity index (χ1) is 11.0. The third-order valence-electron chi connectivity index (χ3n) is 4.47. The molecule has 4 nitrogen and oxygen atoms in total. The van der Waals surface area contributed by atoms with E-state index in [9.17, 15) is 0 Å². The summed E-state index contributed by atoms with van der Waals surface area (Å²) in [4.78, 5) is 6.63. The molecule has 0 radical (unpaired) electrons. The zero-order chi connectivity index (χ0) is 16.4. The van der Waals surface area contributed by atoms with Crippen LogP contribution in [0.15, 0.2) is 36.7 Å². The maximum absolute atomic E-state index is 6.13. The van der Waals surface area contributed by atoms with Crippen molar-refractivity contribution in [3.8, 4) is 0 Å². The van der Waals surface area contributed by atoms with E-state index in [1.807, 2.05) is 26.4 Å². The van der Waals surface area contributed by atoms with Gasteiger partial charge in [-0.3, -0.25) is 0 Å². The van der Waals surface area contributed by atoms with Gasteiger partial charge in [0.2, 0.25) is 0 Å². The highest BCUT2D eigenvalue weighted by atomic mass is 35.5. The molecule has 2 N–H and O–H groups in total. The fourth-order valence-electron chi connectivity index (χ4n) is 2.74. The lowest BCUT2D eigenvalue weighted by molar-refractivity contribution is 0.760. The van der Waals surface area contributed by atoms with Crippen LogP contribution in [0, 0.1) is 5.92 Å². The van der Waals surface area contributed by atoms with Crippen LogP contribution in [0.25, 0.3) is 6.08 Å². The van der Waals surface area contributed by atoms with Crippen LogP contribution in [0.4, 0.5) is 5.69 Å². The molecule has 1 aromatic carbocycles. The number of benzene rings is 1. The Morgan fingerprint density at radius 2 is 2.17 bits per heavy atom. The molecule has 2 aromatic rings. The number of anilines is 1. The highest BCUT2D eigenvalue weighted by Gasteiger charge is 2.17. The summed E-state index contributed by atoms with van der Waals surface area (Å²) in [5.41, 5.74) is 9.76. The van der Waals surface area contributed by atoms with Gasteiger partial charge in [-0.05, 0) is 48.9 Å². The standard InChI is InChI=1S/C19H26N4.ClH/c1-14(20)18-9-8-17(12-16(18)7-6-15-4-5-15)23(3)13-19-21-10-11-22(19)2;/h6-12,14-15H,4-5,13,20H2,1-3H3;1H/b7-6+;/t14-;/m0./s1. The normalized spacial score (nSPS) is 15.3. The quantitative estimate of drug-likeness (QED) is 0.862. The number of hydrogen-bond acceptors (Lipinski definition) is 3. The molecular weight excluding hydrogens is 320 g/mol. The van der Waals surface area contributed by atoms with Gasteiger partial charge in [0.05, 0.1) is 6.54 Å². The Balaban J connectivity index is 0.00000208. The van der Waals surface area contributed by atoms with Gasteiger partial charge in [0, 0.05) is 38.2 Å². The van der Waals surface area contributed by atoms with Crippen LogP contribution in [0.2, 0.25) is 0 Å². The SMILES string of the molecule is C[C@H](N)c1ccc(N(C)Cc2nccn2C)cc1/C=C/C1CC1.Cl. The highest BCUT2D eigenvalue weighted by molar-refractivity contribution is 5.85. The Hall–Kier alpha value is -1.78. The monoisotopic (exact) mass is 346 g/mol. The number of allylic oxidation sites excluding steroid dienone is 1. The summed E-state index contributed by atoms with van der Waals surface area (Å²) in [7, 11) is 4.13. The number of nitrogens with zero attached hydrogens (tertiary/aromatic N) is 3. The van der Waals surface area contributed by atoms with E-state index in [0.717, 1.165) is 18.3 Å². The van der Waals surface area contributed by atoms with Crippen LogP contribution in [0.3, 0.4) is 0 Å². The van der Waals surface area contributed by atoms with E-state index in [2.05, 4.69) is 51.8 Å². The second-order valence-corrected chi connectivity index (χ2v) is 6.61. The number of aryl methyl sites for hydroxylation is 1. The van der Waals surface area contributed by atoms with E-state index in [1.165, 1.54) is 29.7 Å². The van der Waals surface area contributed by atoms with Crippen LogP contribution in [0.1, 0.15) is 42.8 Å². The first kappa shape index (κ1) is 18.6. The van der Waals surface area contributed by atoms with Gasteiger partial charge < -0.3 is 15.2 Å². The Labute approximate surface area is 150 Å². The number of nitrogens with two attached hydrogens (primary N) is 1. The third-order valence-corrected chi connectivity index (χ3v) is 4.47. The molecule has 0 amide bonds. The zero-order valence-electron chi connectivity index (χ0n) is 14.6. The van der Waals surface area contributed by atoms with Crippen molar-refractivity contribution in [2.24, 2.45) is 18.7 Å². The lowest BCUT2D eigenvalue weighted by Gasteiger charge is -2.21. The molecule has 1 saturated carbocycles. The van der Waals surface area contributed by atoms with E-state index in [4.69, 9.17) is 5.73 Å². The fraction of sp³-hybridized carbons (Fsp3) is 0.421. The van der Waals surface area contributed by atoms with Crippen LogP contribution in [-0.2, 0) is 13.6 Å². The number of aromatic nitrogens is 2. The summed E-state index contributed by atoms with van der Waals surface area (Å²) in [5, 5.41) is 0. The van der Waals surface area contributed by atoms with Crippen molar-refractivity contribution >= 4 is 24.2 Å². The molecule has 130 valence electrons. The molecule has 0 unspecified atom stereocenters. The molecule has 0 bridgehead atoms. The van der Waals surface area contributed by atoms with Gasteiger partial charge in [-0.15, -0.1) is 12.4 Å². The summed E-state index contributed by atoms with van der Waals surface area (Å²) in [6.07, 6.45) is 11.0. The van der Waals surface area contributed by atoms with Crippen molar-refractivity contribution in [2.75, 3.05) is 11.9 Å². The summed E-state index contributed by atoms with van der Waals surface area (Å²) in [6.45, 7) is 2.83. The maximum atomic E-state index is 6.13. The molecule has 0 aliphatic heterocycles. The Kier molecular flexibility index (Phi) is 6.08. The summed E-state index contributed by atoms with van der Waals surface area (Å²) >= 11 is 0. The van der Waals surface area contributed by atoms with Crippen molar-refractivity contribution in [2.45, 2.75) is 32.4 Å². The molecule has 1 aliphatic rings.